The monoisotopic (exact) mass is 311 g/mol. The summed E-state index contributed by atoms with van der Waals surface area (Å²) in [5.41, 5.74) is 0.611. The van der Waals surface area contributed by atoms with Crippen LogP contribution in [0.4, 0.5) is 0 Å². The SMILES string of the molecule is O[C@]1(c2cn[nH]n2)CCN(Cc2ncnn2-c2ccccc2)C1. The fourth-order valence-electron chi connectivity index (χ4n) is 3.00. The molecule has 1 atom stereocenters. The fraction of sp³-hybridized carbons (Fsp3) is 0.333. The summed E-state index contributed by atoms with van der Waals surface area (Å²) in [6, 6.07) is 9.90. The van der Waals surface area contributed by atoms with Gasteiger partial charge in [0.2, 0.25) is 0 Å². The van der Waals surface area contributed by atoms with Gasteiger partial charge in [-0.15, -0.1) is 0 Å². The molecule has 23 heavy (non-hydrogen) atoms. The lowest BCUT2D eigenvalue weighted by molar-refractivity contribution is 0.0405. The number of H-pyrrole nitrogens is 1. The molecular formula is C15H17N7O. The van der Waals surface area contributed by atoms with Crippen molar-refractivity contribution in [2.75, 3.05) is 13.1 Å². The molecule has 1 aliphatic rings. The highest BCUT2D eigenvalue weighted by Gasteiger charge is 2.40. The first-order valence-corrected chi connectivity index (χ1v) is 7.50. The van der Waals surface area contributed by atoms with Gasteiger partial charge in [-0.25, -0.2) is 9.67 Å². The van der Waals surface area contributed by atoms with Crippen LogP contribution in [0.1, 0.15) is 17.9 Å². The Kier molecular flexibility index (Phi) is 3.40. The molecule has 2 aromatic heterocycles. The van der Waals surface area contributed by atoms with E-state index < -0.39 is 5.60 Å². The molecule has 0 aliphatic carbocycles. The van der Waals surface area contributed by atoms with E-state index in [1.54, 1.807) is 12.5 Å². The van der Waals surface area contributed by atoms with Gasteiger partial charge < -0.3 is 5.11 Å². The number of nitrogens with one attached hydrogen (secondary N) is 1. The van der Waals surface area contributed by atoms with E-state index in [9.17, 15) is 5.11 Å². The van der Waals surface area contributed by atoms with Crippen molar-refractivity contribution in [1.29, 1.82) is 0 Å². The maximum absolute atomic E-state index is 10.7. The number of aliphatic hydroxyl groups is 1. The Morgan fingerprint density at radius 2 is 2.13 bits per heavy atom. The van der Waals surface area contributed by atoms with Crippen LogP contribution in [-0.4, -0.2) is 53.3 Å². The van der Waals surface area contributed by atoms with Crippen molar-refractivity contribution in [3.63, 3.8) is 0 Å². The second-order valence-corrected chi connectivity index (χ2v) is 5.77. The van der Waals surface area contributed by atoms with Crippen LogP contribution in [-0.2, 0) is 12.1 Å². The predicted octanol–water partition coefficient (Wildman–Crippen LogP) is 0.479. The Balaban J connectivity index is 1.51. The minimum atomic E-state index is -0.954. The van der Waals surface area contributed by atoms with Gasteiger partial charge in [0.15, 0.2) is 0 Å². The van der Waals surface area contributed by atoms with Crippen molar-refractivity contribution in [2.45, 2.75) is 18.6 Å². The number of nitrogens with zero attached hydrogens (tertiary/aromatic N) is 6. The van der Waals surface area contributed by atoms with Crippen LogP contribution < -0.4 is 0 Å². The zero-order chi connectivity index (χ0) is 15.7. The molecule has 0 bridgehead atoms. The summed E-state index contributed by atoms with van der Waals surface area (Å²) in [7, 11) is 0. The van der Waals surface area contributed by atoms with E-state index in [1.165, 1.54) is 0 Å². The standard InChI is InChI=1S/C15H17N7O/c23-15(13-8-17-20-19-13)6-7-21(10-15)9-14-16-11-18-22(14)12-4-2-1-3-5-12/h1-5,8,11,23H,6-7,9-10H2,(H,17,19,20)/t15-/m1/s1. The number of para-hydroxylation sites is 1. The normalized spacial score (nSPS) is 21.8. The molecule has 1 aromatic carbocycles. The first kappa shape index (κ1) is 14.0. The van der Waals surface area contributed by atoms with E-state index >= 15 is 0 Å². The third-order valence-electron chi connectivity index (χ3n) is 4.20. The van der Waals surface area contributed by atoms with Crippen molar-refractivity contribution in [3.05, 3.63) is 54.4 Å². The molecule has 0 unspecified atom stereocenters. The highest BCUT2D eigenvalue weighted by molar-refractivity contribution is 5.30. The van der Waals surface area contributed by atoms with Crippen LogP contribution in [0.3, 0.4) is 0 Å². The fourth-order valence-corrected chi connectivity index (χ4v) is 3.00. The number of aromatic nitrogens is 6. The van der Waals surface area contributed by atoms with Crippen LogP contribution >= 0.6 is 0 Å². The summed E-state index contributed by atoms with van der Waals surface area (Å²) in [6.45, 7) is 1.89. The van der Waals surface area contributed by atoms with Gasteiger partial charge in [0.05, 0.1) is 18.4 Å². The molecule has 3 aromatic rings. The number of hydrogen-bond acceptors (Lipinski definition) is 6. The van der Waals surface area contributed by atoms with Gasteiger partial charge in [-0.3, -0.25) is 4.90 Å². The van der Waals surface area contributed by atoms with Crippen LogP contribution in [0.15, 0.2) is 42.9 Å². The van der Waals surface area contributed by atoms with Crippen molar-refractivity contribution in [3.8, 4) is 5.69 Å². The van der Waals surface area contributed by atoms with Gasteiger partial charge >= 0.3 is 0 Å². The van der Waals surface area contributed by atoms with Crippen molar-refractivity contribution in [1.82, 2.24) is 35.1 Å². The maximum atomic E-state index is 10.7. The maximum Gasteiger partial charge on any atom is 0.146 e. The topological polar surface area (TPSA) is 95.8 Å². The summed E-state index contributed by atoms with van der Waals surface area (Å²) < 4.78 is 1.83. The van der Waals surface area contributed by atoms with Gasteiger partial charge in [-0.2, -0.15) is 20.5 Å². The number of likely N-dealkylation sites (tertiary alicyclic amines) is 1. The molecule has 118 valence electrons. The Bertz CT molecular complexity index is 770. The Morgan fingerprint density at radius 3 is 2.91 bits per heavy atom. The quantitative estimate of drug-likeness (QED) is 0.727. The van der Waals surface area contributed by atoms with E-state index in [2.05, 4.69) is 30.4 Å². The summed E-state index contributed by atoms with van der Waals surface area (Å²) in [5.74, 6) is 0.848. The van der Waals surface area contributed by atoms with Crippen molar-refractivity contribution in [2.24, 2.45) is 0 Å². The highest BCUT2D eigenvalue weighted by Crippen LogP contribution is 2.30. The van der Waals surface area contributed by atoms with Crippen LogP contribution in [0, 0.1) is 0 Å². The van der Waals surface area contributed by atoms with Crippen LogP contribution in [0.25, 0.3) is 5.69 Å². The first-order chi connectivity index (χ1) is 11.2. The third-order valence-corrected chi connectivity index (χ3v) is 4.20. The van der Waals surface area contributed by atoms with E-state index in [1.807, 2.05) is 35.0 Å². The molecule has 0 saturated carbocycles. The lowest BCUT2D eigenvalue weighted by Gasteiger charge is -2.20. The average molecular weight is 311 g/mol. The summed E-state index contributed by atoms with van der Waals surface area (Å²) in [6.07, 6.45) is 3.76. The molecule has 8 nitrogen and oxygen atoms in total. The lowest BCUT2D eigenvalue weighted by atomic mass is 10.0. The molecule has 0 amide bonds. The van der Waals surface area contributed by atoms with Gasteiger partial charge in [-0.05, 0) is 18.6 Å². The van der Waals surface area contributed by atoms with E-state index in [0.717, 1.165) is 18.1 Å². The van der Waals surface area contributed by atoms with E-state index in [0.29, 0.717) is 25.2 Å². The first-order valence-electron chi connectivity index (χ1n) is 7.50. The molecule has 0 spiro atoms. The van der Waals surface area contributed by atoms with Crippen LogP contribution in [0.5, 0.6) is 0 Å². The number of β-amino-alcohol motifs (C(OH)–C–C–N with tert-alkyl or cyclic N) is 1. The number of benzene rings is 1. The summed E-state index contributed by atoms with van der Waals surface area (Å²) in [4.78, 5) is 6.51. The van der Waals surface area contributed by atoms with E-state index in [4.69, 9.17) is 0 Å². The summed E-state index contributed by atoms with van der Waals surface area (Å²) in [5, 5.41) is 25.4. The zero-order valence-corrected chi connectivity index (χ0v) is 12.5. The third kappa shape index (κ3) is 2.62. The Hall–Kier alpha value is -2.58. The van der Waals surface area contributed by atoms with E-state index in [-0.39, 0.29) is 0 Å². The number of aromatic amines is 1. The second kappa shape index (κ2) is 5.56. The predicted molar refractivity (Wildman–Crippen MR) is 81.5 cm³/mol. The minimum Gasteiger partial charge on any atom is -0.382 e. The molecule has 1 fully saturated rings. The van der Waals surface area contributed by atoms with Crippen molar-refractivity contribution < 1.29 is 5.11 Å². The van der Waals surface area contributed by atoms with Gasteiger partial charge in [-0.1, -0.05) is 18.2 Å². The largest absolute Gasteiger partial charge is 0.382 e. The highest BCUT2D eigenvalue weighted by atomic mass is 16.3. The molecule has 4 rings (SSSR count). The molecule has 1 saturated heterocycles. The number of rotatable bonds is 4. The smallest absolute Gasteiger partial charge is 0.146 e. The van der Waals surface area contributed by atoms with Crippen LogP contribution in [0.2, 0.25) is 0 Å². The Morgan fingerprint density at radius 1 is 1.26 bits per heavy atom. The molecule has 1 aliphatic heterocycles. The molecule has 8 heteroatoms. The van der Waals surface area contributed by atoms with Crippen molar-refractivity contribution >= 4 is 0 Å². The number of hydrogen-bond donors (Lipinski definition) is 2. The molecular weight excluding hydrogens is 294 g/mol. The minimum absolute atomic E-state index is 0.501. The van der Waals surface area contributed by atoms with Gasteiger partial charge in [0.25, 0.3) is 0 Å². The molecule has 0 radical (unpaired) electrons. The average Bonchev–Trinajstić information content (AvgIpc) is 3.30. The second-order valence-electron chi connectivity index (χ2n) is 5.77. The summed E-state index contributed by atoms with van der Waals surface area (Å²) >= 11 is 0. The molecule has 3 heterocycles. The zero-order valence-electron chi connectivity index (χ0n) is 12.5. The molecule has 2 N–H and O–H groups in total. The Labute approximate surface area is 132 Å². The van der Waals surface area contributed by atoms with Gasteiger partial charge in [0, 0.05) is 13.1 Å². The van der Waals surface area contributed by atoms with Gasteiger partial charge in [0.1, 0.15) is 23.4 Å². The lowest BCUT2D eigenvalue weighted by Crippen LogP contribution is -2.31.